The van der Waals surface area contributed by atoms with Crippen molar-refractivity contribution in [3.63, 3.8) is 0 Å². The predicted octanol–water partition coefficient (Wildman–Crippen LogP) is 4.89. The first-order chi connectivity index (χ1) is 6.54. The largest absolute Gasteiger partial charge is 0.0651 e. The van der Waals surface area contributed by atoms with E-state index in [0.717, 1.165) is 17.8 Å². The zero-order chi connectivity index (χ0) is 10.8. The van der Waals surface area contributed by atoms with E-state index in [1.807, 2.05) is 0 Å². The van der Waals surface area contributed by atoms with Gasteiger partial charge in [-0.3, -0.25) is 0 Å². The minimum absolute atomic E-state index is 0.674. The molecule has 0 aromatic heterocycles. The molecule has 14 heavy (non-hydrogen) atoms. The van der Waals surface area contributed by atoms with Crippen molar-refractivity contribution in [1.82, 2.24) is 0 Å². The summed E-state index contributed by atoms with van der Waals surface area (Å²) >= 11 is 0. The van der Waals surface area contributed by atoms with Gasteiger partial charge in [0.15, 0.2) is 0 Å². The first kappa shape index (κ1) is 12.1. The van der Waals surface area contributed by atoms with Gasteiger partial charge in [0.05, 0.1) is 0 Å². The fraction of sp³-hybridized carbons (Fsp3) is 1.00. The Kier molecular flexibility index (Phi) is 4.04. The molecule has 84 valence electrons. The van der Waals surface area contributed by atoms with Gasteiger partial charge >= 0.3 is 0 Å². The lowest BCUT2D eigenvalue weighted by Crippen LogP contribution is -2.45. The van der Waals surface area contributed by atoms with Gasteiger partial charge in [-0.1, -0.05) is 53.9 Å². The van der Waals surface area contributed by atoms with E-state index >= 15 is 0 Å². The summed E-state index contributed by atoms with van der Waals surface area (Å²) in [6.07, 6.45) is 7.14. The summed E-state index contributed by atoms with van der Waals surface area (Å²) in [5, 5.41) is 0. The van der Waals surface area contributed by atoms with Crippen molar-refractivity contribution in [2.45, 2.75) is 66.7 Å². The monoisotopic (exact) mass is 196 g/mol. The Balaban J connectivity index is 2.33. The molecule has 0 aromatic rings. The normalized spacial score (nSPS) is 39.2. The minimum atomic E-state index is 0.674. The Bertz CT molecular complexity index is 173. The summed E-state index contributed by atoms with van der Waals surface area (Å²) in [7, 11) is 0. The van der Waals surface area contributed by atoms with E-state index < -0.39 is 0 Å². The zero-order valence-electron chi connectivity index (χ0n) is 10.8. The highest BCUT2D eigenvalue weighted by molar-refractivity contribution is 4.96. The van der Waals surface area contributed by atoms with Crippen molar-refractivity contribution < 1.29 is 0 Å². The van der Waals surface area contributed by atoms with Gasteiger partial charge in [0.2, 0.25) is 0 Å². The second-order valence-corrected chi connectivity index (χ2v) is 5.78. The maximum atomic E-state index is 2.50. The lowest BCUT2D eigenvalue weighted by molar-refractivity contribution is -0.0374. The first-order valence-electron chi connectivity index (χ1n) is 6.54. The molecule has 1 saturated carbocycles. The van der Waals surface area contributed by atoms with Crippen LogP contribution in [0, 0.1) is 23.2 Å². The van der Waals surface area contributed by atoms with Gasteiger partial charge in [-0.05, 0) is 36.0 Å². The summed E-state index contributed by atoms with van der Waals surface area (Å²) in [6, 6.07) is 0. The van der Waals surface area contributed by atoms with Crippen molar-refractivity contribution in [3.8, 4) is 0 Å². The highest BCUT2D eigenvalue weighted by Crippen LogP contribution is 2.55. The van der Waals surface area contributed by atoms with Crippen LogP contribution in [0.5, 0.6) is 0 Å². The third-order valence-electron chi connectivity index (χ3n) is 5.16. The fourth-order valence-electron chi connectivity index (χ4n) is 2.98. The molecule has 0 spiro atoms. The first-order valence-corrected chi connectivity index (χ1v) is 6.54. The molecule has 0 N–H and O–H groups in total. The molecular weight excluding hydrogens is 168 g/mol. The Morgan fingerprint density at radius 2 is 2.00 bits per heavy atom. The Hall–Kier alpha value is 0. The third kappa shape index (κ3) is 2.15. The van der Waals surface area contributed by atoms with Gasteiger partial charge in [-0.2, -0.15) is 0 Å². The van der Waals surface area contributed by atoms with Gasteiger partial charge in [0.25, 0.3) is 0 Å². The molecule has 1 rings (SSSR count). The molecule has 0 saturated heterocycles. The lowest BCUT2D eigenvalue weighted by atomic mass is 9.52. The van der Waals surface area contributed by atoms with E-state index in [9.17, 15) is 0 Å². The molecule has 0 aromatic carbocycles. The van der Waals surface area contributed by atoms with Gasteiger partial charge in [0.1, 0.15) is 0 Å². The molecule has 1 aliphatic carbocycles. The molecule has 0 amide bonds. The van der Waals surface area contributed by atoms with Crippen molar-refractivity contribution in [3.05, 3.63) is 0 Å². The van der Waals surface area contributed by atoms with Crippen LogP contribution in [-0.2, 0) is 0 Å². The van der Waals surface area contributed by atoms with Gasteiger partial charge in [-0.25, -0.2) is 0 Å². The molecule has 0 nitrogen and oxygen atoms in total. The molecule has 1 aliphatic rings. The predicted molar refractivity (Wildman–Crippen MR) is 64.4 cm³/mol. The Morgan fingerprint density at radius 1 is 1.36 bits per heavy atom. The molecule has 4 unspecified atom stereocenters. The van der Waals surface area contributed by atoms with Crippen molar-refractivity contribution in [2.24, 2.45) is 23.2 Å². The SMILES string of the molecule is CCC(C)CCC1CC(C)C1(C)CC. The fourth-order valence-corrected chi connectivity index (χ4v) is 2.98. The summed E-state index contributed by atoms with van der Waals surface area (Å²) in [5.74, 6) is 2.93. The standard InChI is InChI=1S/C14H28/c1-6-11(3)8-9-13-10-12(4)14(13,5)7-2/h11-13H,6-10H2,1-5H3. The lowest BCUT2D eigenvalue weighted by Gasteiger charge is -2.53. The topological polar surface area (TPSA) is 0 Å². The van der Waals surface area contributed by atoms with Crippen molar-refractivity contribution >= 4 is 0 Å². The molecule has 1 fully saturated rings. The number of hydrogen-bond acceptors (Lipinski definition) is 0. The van der Waals surface area contributed by atoms with Crippen molar-refractivity contribution in [2.75, 3.05) is 0 Å². The molecule has 0 aliphatic heterocycles. The molecule has 0 heteroatoms. The van der Waals surface area contributed by atoms with E-state index in [0.29, 0.717) is 5.41 Å². The maximum Gasteiger partial charge on any atom is -0.0274 e. The van der Waals surface area contributed by atoms with Gasteiger partial charge in [0, 0.05) is 0 Å². The van der Waals surface area contributed by atoms with Crippen LogP contribution in [-0.4, -0.2) is 0 Å². The summed E-state index contributed by atoms with van der Waals surface area (Å²) in [4.78, 5) is 0. The van der Waals surface area contributed by atoms with Crippen LogP contribution >= 0.6 is 0 Å². The quantitative estimate of drug-likeness (QED) is 0.587. The van der Waals surface area contributed by atoms with Crippen LogP contribution in [0.15, 0.2) is 0 Å². The molecule has 0 bridgehead atoms. The maximum absolute atomic E-state index is 2.50. The third-order valence-corrected chi connectivity index (χ3v) is 5.16. The molecule has 0 radical (unpaired) electrons. The second-order valence-electron chi connectivity index (χ2n) is 5.78. The molecular formula is C14H28. The Labute approximate surface area is 90.5 Å². The number of rotatable bonds is 5. The van der Waals surface area contributed by atoms with Crippen LogP contribution in [0.2, 0.25) is 0 Å². The van der Waals surface area contributed by atoms with Crippen LogP contribution in [0.1, 0.15) is 66.7 Å². The van der Waals surface area contributed by atoms with Crippen LogP contribution in [0.4, 0.5) is 0 Å². The Morgan fingerprint density at radius 3 is 2.43 bits per heavy atom. The summed E-state index contributed by atoms with van der Waals surface area (Å²) < 4.78 is 0. The van der Waals surface area contributed by atoms with Crippen LogP contribution < -0.4 is 0 Å². The highest BCUT2D eigenvalue weighted by atomic mass is 14.5. The van der Waals surface area contributed by atoms with Crippen molar-refractivity contribution in [1.29, 1.82) is 0 Å². The average Bonchev–Trinajstić information content (AvgIpc) is 2.21. The highest BCUT2D eigenvalue weighted by Gasteiger charge is 2.46. The van der Waals surface area contributed by atoms with E-state index in [1.165, 1.54) is 32.1 Å². The molecule has 4 atom stereocenters. The van der Waals surface area contributed by atoms with Crippen LogP contribution in [0.25, 0.3) is 0 Å². The molecule has 0 heterocycles. The smallest absolute Gasteiger partial charge is 0.0274 e. The van der Waals surface area contributed by atoms with Gasteiger partial charge in [-0.15, -0.1) is 0 Å². The zero-order valence-corrected chi connectivity index (χ0v) is 10.8. The van der Waals surface area contributed by atoms with Crippen LogP contribution in [0.3, 0.4) is 0 Å². The van der Waals surface area contributed by atoms with E-state index in [-0.39, 0.29) is 0 Å². The number of hydrogen-bond donors (Lipinski definition) is 0. The van der Waals surface area contributed by atoms with E-state index in [4.69, 9.17) is 0 Å². The van der Waals surface area contributed by atoms with E-state index in [1.54, 1.807) is 0 Å². The summed E-state index contributed by atoms with van der Waals surface area (Å²) in [5.41, 5.74) is 0.674. The average molecular weight is 196 g/mol. The second kappa shape index (κ2) is 4.68. The van der Waals surface area contributed by atoms with E-state index in [2.05, 4.69) is 34.6 Å². The summed E-state index contributed by atoms with van der Waals surface area (Å²) in [6.45, 7) is 12.0. The minimum Gasteiger partial charge on any atom is -0.0651 e. The van der Waals surface area contributed by atoms with Gasteiger partial charge < -0.3 is 0 Å².